The van der Waals surface area contributed by atoms with Crippen LogP contribution in [0.3, 0.4) is 0 Å². The van der Waals surface area contributed by atoms with Gasteiger partial charge >= 0.3 is 5.97 Å². The van der Waals surface area contributed by atoms with E-state index in [2.05, 4.69) is 25.3 Å². The Morgan fingerprint density at radius 3 is 2.83 bits per heavy atom. The van der Waals surface area contributed by atoms with E-state index in [9.17, 15) is 19.8 Å². The number of fused-ring (bicyclic) bond motifs is 1. The van der Waals surface area contributed by atoms with Gasteiger partial charge in [-0.25, -0.2) is 4.79 Å². The molecule has 0 unspecified atom stereocenters. The number of hydrogen-bond donors (Lipinski definition) is 4. The smallest absolute Gasteiger partial charge is 0.337 e. The molecule has 0 aliphatic heterocycles. The molecule has 0 bridgehead atoms. The zero-order chi connectivity index (χ0) is 17.4. The van der Waals surface area contributed by atoms with E-state index in [0.29, 0.717) is 0 Å². The first-order valence-corrected chi connectivity index (χ1v) is 6.60. The van der Waals surface area contributed by atoms with Crippen LogP contribution in [0.2, 0.25) is 0 Å². The number of nitrogen functional groups attached to an aromatic ring is 1. The van der Waals surface area contributed by atoms with E-state index in [4.69, 9.17) is 5.73 Å². The number of H-pyrrole nitrogens is 1. The number of rotatable bonds is 3. The fourth-order valence-corrected chi connectivity index (χ4v) is 2.02. The van der Waals surface area contributed by atoms with E-state index in [-0.39, 0.29) is 23.0 Å². The van der Waals surface area contributed by atoms with Gasteiger partial charge in [-0.05, 0) is 19.1 Å². The van der Waals surface area contributed by atoms with Crippen molar-refractivity contribution in [3.63, 3.8) is 0 Å². The van der Waals surface area contributed by atoms with E-state index >= 15 is 0 Å². The number of azo groups is 1. The molecule has 5 N–H and O–H groups in total. The van der Waals surface area contributed by atoms with E-state index in [1.54, 1.807) is 13.0 Å². The van der Waals surface area contributed by atoms with Crippen molar-refractivity contribution in [2.45, 2.75) is 6.92 Å². The number of nitrogens with two attached hydrogens (primary N) is 1. The fourth-order valence-electron chi connectivity index (χ4n) is 2.02. The van der Waals surface area contributed by atoms with Gasteiger partial charge in [0.15, 0.2) is 0 Å². The highest BCUT2D eigenvalue weighted by Crippen LogP contribution is 2.26. The van der Waals surface area contributed by atoms with Crippen molar-refractivity contribution in [1.29, 1.82) is 0 Å². The van der Waals surface area contributed by atoms with E-state index in [0.717, 1.165) is 10.1 Å². The molecule has 11 nitrogen and oxygen atoms in total. The van der Waals surface area contributed by atoms with Crippen molar-refractivity contribution in [2.75, 3.05) is 5.73 Å². The highest BCUT2D eigenvalue weighted by Gasteiger charge is 2.15. The minimum absolute atomic E-state index is 0.0325. The van der Waals surface area contributed by atoms with Crippen molar-refractivity contribution in [2.24, 2.45) is 10.2 Å². The molecule has 0 amide bonds. The minimum Gasteiger partial charge on any atom is -0.491 e. The second kappa shape index (κ2) is 5.46. The van der Waals surface area contributed by atoms with Gasteiger partial charge in [0.2, 0.25) is 23.3 Å². The number of nitrogens with zero attached hydrogens (tertiary/aromatic N) is 5. The number of carboxylic acids is 1. The molecule has 0 spiro atoms. The highest BCUT2D eigenvalue weighted by molar-refractivity contribution is 5.93. The lowest BCUT2D eigenvalue weighted by Gasteiger charge is -2.02. The topological polar surface area (TPSA) is 171 Å². The SMILES string of the molecule is Cc1ccc(N=Nc2c(O)n3nc(N)nc3[nH]c2=O)c(C(=O)O)c1. The lowest BCUT2D eigenvalue weighted by molar-refractivity contribution is 0.0697. The molecular formula is C13H11N7O4. The molecule has 0 saturated heterocycles. The summed E-state index contributed by atoms with van der Waals surface area (Å²) >= 11 is 0. The van der Waals surface area contributed by atoms with Crippen molar-refractivity contribution in [3.8, 4) is 5.88 Å². The first-order chi connectivity index (χ1) is 11.4. The number of aromatic amines is 1. The summed E-state index contributed by atoms with van der Waals surface area (Å²) in [6, 6.07) is 4.51. The molecule has 11 heteroatoms. The third kappa shape index (κ3) is 2.54. The van der Waals surface area contributed by atoms with Crippen molar-refractivity contribution < 1.29 is 15.0 Å². The summed E-state index contributed by atoms with van der Waals surface area (Å²) in [5, 5.41) is 30.3. The maximum absolute atomic E-state index is 11.9. The van der Waals surface area contributed by atoms with E-state index < -0.39 is 23.1 Å². The summed E-state index contributed by atoms with van der Waals surface area (Å²) in [6.07, 6.45) is 0. The number of benzene rings is 1. The molecular weight excluding hydrogens is 318 g/mol. The summed E-state index contributed by atoms with van der Waals surface area (Å²) in [4.78, 5) is 29.2. The van der Waals surface area contributed by atoms with Crippen LogP contribution in [0, 0.1) is 6.92 Å². The molecule has 0 radical (unpaired) electrons. The lowest BCUT2D eigenvalue weighted by Crippen LogP contribution is -2.09. The van der Waals surface area contributed by atoms with Crippen LogP contribution in [0.1, 0.15) is 15.9 Å². The Hall–Kier alpha value is -3.76. The van der Waals surface area contributed by atoms with Crippen LogP contribution in [-0.4, -0.2) is 35.8 Å². The first-order valence-electron chi connectivity index (χ1n) is 6.60. The molecule has 0 fully saturated rings. The van der Waals surface area contributed by atoms with Crippen LogP contribution in [0.5, 0.6) is 5.88 Å². The van der Waals surface area contributed by atoms with Gasteiger partial charge in [0, 0.05) is 0 Å². The van der Waals surface area contributed by atoms with Crippen LogP contribution in [0.15, 0.2) is 33.2 Å². The number of carbonyl (C=O) groups is 1. The Kier molecular flexibility index (Phi) is 3.45. The Bertz CT molecular complexity index is 1050. The molecule has 24 heavy (non-hydrogen) atoms. The van der Waals surface area contributed by atoms with Gasteiger partial charge in [0.05, 0.1) is 5.56 Å². The van der Waals surface area contributed by atoms with Crippen molar-refractivity contribution in [3.05, 3.63) is 39.7 Å². The number of aryl methyl sites for hydroxylation is 1. The summed E-state index contributed by atoms with van der Waals surface area (Å²) in [5.41, 5.74) is 4.84. The average molecular weight is 329 g/mol. The number of hydrogen-bond acceptors (Lipinski definition) is 8. The predicted octanol–water partition coefficient (Wildman–Crippen LogP) is 1.13. The molecule has 3 aromatic rings. The number of anilines is 1. The Morgan fingerprint density at radius 1 is 1.38 bits per heavy atom. The minimum atomic E-state index is -1.19. The molecule has 0 atom stereocenters. The Labute approximate surface area is 133 Å². The molecule has 0 saturated carbocycles. The zero-order valence-corrected chi connectivity index (χ0v) is 12.3. The summed E-state index contributed by atoms with van der Waals surface area (Å²) in [7, 11) is 0. The molecule has 2 heterocycles. The lowest BCUT2D eigenvalue weighted by atomic mass is 10.1. The number of nitrogens with one attached hydrogen (secondary N) is 1. The first kappa shape index (κ1) is 15.1. The van der Waals surface area contributed by atoms with E-state index in [1.807, 2.05) is 0 Å². The van der Waals surface area contributed by atoms with E-state index in [1.165, 1.54) is 12.1 Å². The number of carboxylic acid groups (broad SMARTS) is 1. The number of aromatic nitrogens is 4. The molecule has 2 aromatic heterocycles. The molecule has 0 aliphatic carbocycles. The second-order valence-corrected chi connectivity index (χ2v) is 4.86. The molecule has 122 valence electrons. The summed E-state index contributed by atoms with van der Waals surface area (Å²) < 4.78 is 0.887. The molecule has 0 aliphatic rings. The highest BCUT2D eigenvalue weighted by atomic mass is 16.4. The van der Waals surface area contributed by atoms with Crippen LogP contribution < -0.4 is 11.3 Å². The maximum Gasteiger partial charge on any atom is 0.337 e. The fraction of sp³-hybridized carbons (Fsp3) is 0.0769. The van der Waals surface area contributed by atoms with Gasteiger partial charge in [-0.2, -0.15) is 9.50 Å². The Balaban J connectivity index is 2.12. The van der Waals surface area contributed by atoms with Gasteiger partial charge in [0.25, 0.3) is 5.56 Å². The standard InChI is InChI=1S/C13H11N7O4/c1-5-2-3-7(6(4-5)11(23)24)17-18-8-9(21)15-13-16-12(14)19-20(13)10(8)22/h2-4,22H,1H3,(H,23,24)(H3,14,15,16,19,21). The van der Waals surface area contributed by atoms with Crippen LogP contribution in [-0.2, 0) is 0 Å². The normalized spacial score (nSPS) is 11.4. The van der Waals surface area contributed by atoms with Crippen LogP contribution in [0.25, 0.3) is 5.78 Å². The van der Waals surface area contributed by atoms with Crippen LogP contribution >= 0.6 is 0 Å². The third-order valence-corrected chi connectivity index (χ3v) is 3.12. The van der Waals surface area contributed by atoms with Gasteiger partial charge in [-0.15, -0.1) is 15.3 Å². The summed E-state index contributed by atoms with van der Waals surface area (Å²) in [5.74, 6) is -2.02. The second-order valence-electron chi connectivity index (χ2n) is 4.86. The summed E-state index contributed by atoms with van der Waals surface area (Å²) in [6.45, 7) is 1.73. The monoisotopic (exact) mass is 329 g/mol. The predicted molar refractivity (Wildman–Crippen MR) is 82.0 cm³/mol. The number of aromatic hydroxyl groups is 1. The quantitative estimate of drug-likeness (QED) is 0.521. The van der Waals surface area contributed by atoms with Gasteiger partial charge in [-0.1, -0.05) is 11.6 Å². The molecule has 1 aromatic carbocycles. The molecule has 3 rings (SSSR count). The number of aromatic carboxylic acids is 1. The van der Waals surface area contributed by atoms with Crippen molar-refractivity contribution in [1.82, 2.24) is 19.6 Å². The largest absolute Gasteiger partial charge is 0.491 e. The average Bonchev–Trinajstić information content (AvgIpc) is 2.88. The van der Waals surface area contributed by atoms with Crippen LogP contribution in [0.4, 0.5) is 17.3 Å². The Morgan fingerprint density at radius 2 is 2.12 bits per heavy atom. The van der Waals surface area contributed by atoms with Crippen molar-refractivity contribution >= 4 is 29.1 Å². The van der Waals surface area contributed by atoms with Gasteiger partial charge < -0.3 is 15.9 Å². The van der Waals surface area contributed by atoms with Gasteiger partial charge in [-0.3, -0.25) is 9.78 Å². The third-order valence-electron chi connectivity index (χ3n) is 3.12. The maximum atomic E-state index is 11.9. The zero-order valence-electron chi connectivity index (χ0n) is 12.3. The van der Waals surface area contributed by atoms with Gasteiger partial charge in [0.1, 0.15) is 5.69 Å².